The summed E-state index contributed by atoms with van der Waals surface area (Å²) >= 11 is 0. The van der Waals surface area contributed by atoms with Gasteiger partial charge in [-0.3, -0.25) is 4.98 Å². The molecule has 4 nitrogen and oxygen atoms in total. The first kappa shape index (κ1) is 10.9. The zero-order valence-corrected chi connectivity index (χ0v) is 8.83. The fraction of sp³-hybridized carbons (Fsp3) is 0.500. The van der Waals surface area contributed by atoms with E-state index in [0.29, 0.717) is 6.54 Å². The van der Waals surface area contributed by atoms with Crippen LogP contribution in [0, 0.1) is 0 Å². The van der Waals surface area contributed by atoms with Gasteiger partial charge in [-0.2, -0.15) is 0 Å². The van der Waals surface area contributed by atoms with Gasteiger partial charge in [0.05, 0.1) is 5.69 Å². The predicted molar refractivity (Wildman–Crippen MR) is 59.2 cm³/mol. The molecule has 14 heavy (non-hydrogen) atoms. The van der Waals surface area contributed by atoms with Gasteiger partial charge in [0.1, 0.15) is 0 Å². The molecule has 0 unspecified atom stereocenters. The highest BCUT2D eigenvalue weighted by molar-refractivity contribution is 5.43. The molecule has 0 saturated heterocycles. The van der Waals surface area contributed by atoms with Gasteiger partial charge < -0.3 is 16.0 Å². The van der Waals surface area contributed by atoms with Gasteiger partial charge in [-0.1, -0.05) is 0 Å². The van der Waals surface area contributed by atoms with Gasteiger partial charge in [-0.25, -0.2) is 0 Å². The van der Waals surface area contributed by atoms with E-state index in [1.165, 1.54) is 0 Å². The number of rotatable bonds is 5. The van der Waals surface area contributed by atoms with E-state index in [0.717, 1.165) is 24.5 Å². The molecule has 0 spiro atoms. The van der Waals surface area contributed by atoms with Crippen LogP contribution < -0.4 is 11.1 Å². The van der Waals surface area contributed by atoms with Crippen molar-refractivity contribution in [2.45, 2.75) is 6.54 Å². The molecule has 0 aliphatic carbocycles. The van der Waals surface area contributed by atoms with E-state index in [-0.39, 0.29) is 0 Å². The maximum atomic E-state index is 5.50. The van der Waals surface area contributed by atoms with E-state index in [9.17, 15) is 0 Å². The summed E-state index contributed by atoms with van der Waals surface area (Å²) in [7, 11) is 4.11. The van der Waals surface area contributed by atoms with E-state index in [1.54, 1.807) is 6.20 Å². The molecule has 3 N–H and O–H groups in total. The van der Waals surface area contributed by atoms with Crippen LogP contribution in [-0.2, 0) is 6.54 Å². The largest absolute Gasteiger partial charge is 0.384 e. The fourth-order valence-electron chi connectivity index (χ4n) is 1.12. The summed E-state index contributed by atoms with van der Waals surface area (Å²) in [6.07, 6.45) is 1.78. The number of pyridine rings is 1. The molecule has 1 heterocycles. The van der Waals surface area contributed by atoms with Crippen molar-refractivity contribution in [3.63, 3.8) is 0 Å². The van der Waals surface area contributed by atoms with Crippen molar-refractivity contribution in [2.75, 3.05) is 32.5 Å². The molecular formula is C10H18N4. The summed E-state index contributed by atoms with van der Waals surface area (Å²) < 4.78 is 0. The third kappa shape index (κ3) is 3.72. The zero-order chi connectivity index (χ0) is 10.4. The minimum absolute atomic E-state index is 0.489. The molecule has 1 aromatic heterocycles. The average molecular weight is 194 g/mol. The maximum absolute atomic E-state index is 5.50. The van der Waals surface area contributed by atoms with Crippen LogP contribution >= 0.6 is 0 Å². The summed E-state index contributed by atoms with van der Waals surface area (Å²) in [6, 6.07) is 3.94. The smallest absolute Gasteiger partial charge is 0.0559 e. The van der Waals surface area contributed by atoms with Crippen LogP contribution in [-0.4, -0.2) is 37.1 Å². The molecule has 0 aliphatic rings. The Morgan fingerprint density at radius 3 is 2.93 bits per heavy atom. The van der Waals surface area contributed by atoms with Gasteiger partial charge in [-0.15, -0.1) is 0 Å². The molecule has 0 fully saturated rings. The number of hydrogen-bond donors (Lipinski definition) is 2. The summed E-state index contributed by atoms with van der Waals surface area (Å²) in [5.74, 6) is 0. The lowest BCUT2D eigenvalue weighted by Crippen LogP contribution is -2.20. The molecule has 78 valence electrons. The molecule has 0 atom stereocenters. The van der Waals surface area contributed by atoms with Gasteiger partial charge in [0.15, 0.2) is 0 Å². The van der Waals surface area contributed by atoms with Gasteiger partial charge in [0.2, 0.25) is 0 Å². The van der Waals surface area contributed by atoms with Crippen molar-refractivity contribution < 1.29 is 0 Å². The monoisotopic (exact) mass is 194 g/mol. The Morgan fingerprint density at radius 1 is 1.50 bits per heavy atom. The van der Waals surface area contributed by atoms with Crippen LogP contribution in [0.5, 0.6) is 0 Å². The molecule has 0 radical (unpaired) electrons. The zero-order valence-electron chi connectivity index (χ0n) is 8.83. The number of nitrogens with zero attached hydrogens (tertiary/aromatic N) is 2. The maximum Gasteiger partial charge on any atom is 0.0559 e. The van der Waals surface area contributed by atoms with Crippen molar-refractivity contribution in [1.29, 1.82) is 0 Å². The second-order valence-electron chi connectivity index (χ2n) is 3.47. The van der Waals surface area contributed by atoms with E-state index >= 15 is 0 Å². The van der Waals surface area contributed by atoms with Crippen molar-refractivity contribution in [1.82, 2.24) is 9.88 Å². The second-order valence-corrected chi connectivity index (χ2v) is 3.47. The molecule has 0 bridgehead atoms. The van der Waals surface area contributed by atoms with Gasteiger partial charge in [0, 0.05) is 31.5 Å². The highest BCUT2D eigenvalue weighted by Gasteiger charge is 1.95. The molecule has 0 saturated carbocycles. The highest BCUT2D eigenvalue weighted by atomic mass is 15.1. The van der Waals surface area contributed by atoms with Gasteiger partial charge >= 0.3 is 0 Å². The second kappa shape index (κ2) is 5.57. The first-order valence-corrected chi connectivity index (χ1v) is 4.76. The van der Waals surface area contributed by atoms with Gasteiger partial charge in [-0.05, 0) is 26.2 Å². The average Bonchev–Trinajstić information content (AvgIpc) is 2.18. The van der Waals surface area contributed by atoms with E-state index < -0.39 is 0 Å². The number of anilines is 1. The van der Waals surface area contributed by atoms with Crippen LogP contribution in [0.25, 0.3) is 0 Å². The first-order chi connectivity index (χ1) is 6.72. The first-order valence-electron chi connectivity index (χ1n) is 4.76. The van der Waals surface area contributed by atoms with Crippen LogP contribution in [0.15, 0.2) is 18.3 Å². The summed E-state index contributed by atoms with van der Waals surface area (Å²) in [6.45, 7) is 2.44. The Kier molecular flexibility index (Phi) is 4.35. The lowest BCUT2D eigenvalue weighted by atomic mass is 10.3. The van der Waals surface area contributed by atoms with Crippen LogP contribution in [0.4, 0.5) is 5.69 Å². The van der Waals surface area contributed by atoms with Crippen molar-refractivity contribution >= 4 is 5.69 Å². The van der Waals surface area contributed by atoms with Crippen molar-refractivity contribution in [3.8, 4) is 0 Å². The molecular weight excluding hydrogens is 176 g/mol. The number of aromatic nitrogens is 1. The lowest BCUT2D eigenvalue weighted by Gasteiger charge is -2.11. The SMILES string of the molecule is CN(C)CCNc1ccnc(CN)c1. The summed E-state index contributed by atoms with van der Waals surface area (Å²) in [4.78, 5) is 6.26. The Morgan fingerprint density at radius 2 is 2.29 bits per heavy atom. The molecule has 0 aliphatic heterocycles. The van der Waals surface area contributed by atoms with Crippen LogP contribution in [0.1, 0.15) is 5.69 Å². The third-order valence-corrected chi connectivity index (χ3v) is 1.91. The topological polar surface area (TPSA) is 54.2 Å². The van der Waals surface area contributed by atoms with Crippen molar-refractivity contribution in [2.24, 2.45) is 5.73 Å². The number of likely N-dealkylation sites (N-methyl/N-ethyl adjacent to an activating group) is 1. The number of nitrogens with two attached hydrogens (primary N) is 1. The molecule has 1 aromatic rings. The predicted octanol–water partition coefficient (Wildman–Crippen LogP) is 0.514. The Labute approximate surface area is 85.1 Å². The standard InChI is InChI=1S/C10H18N4/c1-14(2)6-5-13-9-3-4-12-10(7-9)8-11/h3-4,7H,5-6,8,11H2,1-2H3,(H,12,13). The fourth-order valence-corrected chi connectivity index (χ4v) is 1.12. The van der Waals surface area contributed by atoms with E-state index in [2.05, 4.69) is 29.3 Å². The van der Waals surface area contributed by atoms with E-state index in [4.69, 9.17) is 5.73 Å². The highest BCUT2D eigenvalue weighted by Crippen LogP contribution is 2.06. The minimum atomic E-state index is 0.489. The molecule has 4 heteroatoms. The summed E-state index contributed by atoms with van der Waals surface area (Å²) in [5.41, 5.74) is 7.50. The third-order valence-electron chi connectivity index (χ3n) is 1.91. The van der Waals surface area contributed by atoms with Crippen molar-refractivity contribution in [3.05, 3.63) is 24.0 Å². The van der Waals surface area contributed by atoms with E-state index in [1.807, 2.05) is 12.1 Å². The lowest BCUT2D eigenvalue weighted by molar-refractivity contribution is 0.425. The normalized spacial score (nSPS) is 10.6. The molecule has 1 rings (SSSR count). The Balaban J connectivity index is 2.42. The van der Waals surface area contributed by atoms with Crippen LogP contribution in [0.2, 0.25) is 0 Å². The minimum Gasteiger partial charge on any atom is -0.384 e. The van der Waals surface area contributed by atoms with Crippen LogP contribution in [0.3, 0.4) is 0 Å². The number of nitrogens with one attached hydrogen (secondary N) is 1. The molecule has 0 aromatic carbocycles. The number of hydrogen-bond acceptors (Lipinski definition) is 4. The molecule has 0 amide bonds. The quantitative estimate of drug-likeness (QED) is 0.717. The Bertz CT molecular complexity index is 273. The summed E-state index contributed by atoms with van der Waals surface area (Å²) in [5, 5.41) is 3.31. The van der Waals surface area contributed by atoms with Gasteiger partial charge in [0.25, 0.3) is 0 Å². The Hall–Kier alpha value is -1.13.